The van der Waals surface area contributed by atoms with Crippen molar-refractivity contribution in [2.45, 2.75) is 77.4 Å². The third kappa shape index (κ3) is 11.3. The average molecular weight is 684 g/mol. The second-order valence-electron chi connectivity index (χ2n) is 13.1. The fourth-order valence-corrected chi connectivity index (χ4v) is 5.93. The molecule has 0 aliphatic carbocycles. The summed E-state index contributed by atoms with van der Waals surface area (Å²) in [5.74, 6) is -0.331. The summed E-state index contributed by atoms with van der Waals surface area (Å²) >= 11 is 0. The van der Waals surface area contributed by atoms with E-state index < -0.39 is 17.8 Å². The van der Waals surface area contributed by atoms with E-state index in [4.69, 9.17) is 9.47 Å². The van der Waals surface area contributed by atoms with Gasteiger partial charge in [0.05, 0.1) is 42.4 Å². The Balaban J connectivity index is 1.56. The zero-order valence-electron chi connectivity index (χ0n) is 28.7. The number of aliphatic hydroxyl groups excluding tert-OH is 1. The maximum atomic E-state index is 14.3. The fourth-order valence-electron chi connectivity index (χ4n) is 5.93. The van der Waals surface area contributed by atoms with E-state index in [1.165, 1.54) is 12.1 Å². The quantitative estimate of drug-likeness (QED) is 0.258. The molecule has 0 saturated carbocycles. The summed E-state index contributed by atoms with van der Waals surface area (Å²) in [4.78, 5) is 30.9. The maximum Gasteiger partial charge on any atom is 0.416 e. The van der Waals surface area contributed by atoms with Gasteiger partial charge in [0.1, 0.15) is 5.75 Å². The summed E-state index contributed by atoms with van der Waals surface area (Å²) in [6, 6.07) is 19.1. The van der Waals surface area contributed by atoms with Crippen LogP contribution in [-0.2, 0) is 28.7 Å². The number of carbonyl (C=O) groups is 2. The number of rotatable bonds is 9. The van der Waals surface area contributed by atoms with E-state index in [-0.39, 0.29) is 55.1 Å². The second-order valence-corrected chi connectivity index (χ2v) is 13.1. The molecule has 4 rings (SSSR count). The molecule has 3 aromatic rings. The van der Waals surface area contributed by atoms with Crippen LogP contribution in [0.25, 0.3) is 0 Å². The highest BCUT2D eigenvalue weighted by Crippen LogP contribution is 2.30. The van der Waals surface area contributed by atoms with Crippen LogP contribution >= 0.6 is 0 Å². The molecule has 266 valence electrons. The monoisotopic (exact) mass is 683 g/mol. The Morgan fingerprint density at radius 3 is 2.43 bits per heavy atom. The fraction of sp³-hybridized carbons (Fsp3) is 0.474. The Morgan fingerprint density at radius 2 is 1.76 bits per heavy atom. The topological polar surface area (TPSA) is 91.3 Å². The number of carbonyl (C=O) groups excluding carboxylic acids is 2. The molecule has 1 aliphatic rings. The summed E-state index contributed by atoms with van der Waals surface area (Å²) in [6.07, 6.45) is -2.34. The first-order chi connectivity index (χ1) is 23.3. The largest absolute Gasteiger partial charge is 0.490 e. The molecular weight excluding hydrogens is 635 g/mol. The second kappa shape index (κ2) is 17.6. The van der Waals surface area contributed by atoms with Gasteiger partial charge in [-0.3, -0.25) is 14.5 Å². The van der Waals surface area contributed by atoms with Crippen molar-refractivity contribution in [1.82, 2.24) is 9.80 Å². The number of nitrogens with zero attached hydrogens (tertiary/aromatic N) is 2. The molecule has 11 heteroatoms. The summed E-state index contributed by atoms with van der Waals surface area (Å²) < 4.78 is 51.9. The Kier molecular flexibility index (Phi) is 13.6. The Hall–Kier alpha value is -3.93. The van der Waals surface area contributed by atoms with Crippen LogP contribution in [0.15, 0.2) is 72.8 Å². The van der Waals surface area contributed by atoms with Crippen molar-refractivity contribution in [3.63, 3.8) is 0 Å². The minimum atomic E-state index is -4.39. The molecule has 0 spiro atoms. The van der Waals surface area contributed by atoms with Crippen molar-refractivity contribution < 1.29 is 37.3 Å². The van der Waals surface area contributed by atoms with Crippen LogP contribution in [0, 0.1) is 5.92 Å². The number of hydrogen-bond acceptors (Lipinski definition) is 6. The van der Waals surface area contributed by atoms with Gasteiger partial charge < -0.3 is 24.8 Å². The highest BCUT2D eigenvalue weighted by Gasteiger charge is 2.32. The molecule has 1 heterocycles. The minimum absolute atomic E-state index is 0.173. The molecule has 49 heavy (non-hydrogen) atoms. The van der Waals surface area contributed by atoms with Gasteiger partial charge in [-0.25, -0.2) is 0 Å². The zero-order chi connectivity index (χ0) is 35.6. The lowest BCUT2D eigenvalue weighted by atomic mass is 10.0. The number of hydrogen-bond donors (Lipinski definition) is 2. The van der Waals surface area contributed by atoms with Gasteiger partial charge in [0, 0.05) is 37.8 Å². The smallest absolute Gasteiger partial charge is 0.416 e. The van der Waals surface area contributed by atoms with E-state index in [9.17, 15) is 27.9 Å². The van der Waals surface area contributed by atoms with E-state index in [1.54, 1.807) is 30.0 Å². The van der Waals surface area contributed by atoms with Crippen LogP contribution in [0.4, 0.5) is 18.9 Å². The van der Waals surface area contributed by atoms with Crippen molar-refractivity contribution in [3.05, 3.63) is 95.1 Å². The lowest BCUT2D eigenvalue weighted by molar-refractivity contribution is -0.137. The zero-order valence-corrected chi connectivity index (χ0v) is 28.7. The third-order valence-corrected chi connectivity index (χ3v) is 8.77. The van der Waals surface area contributed by atoms with Gasteiger partial charge in [0.25, 0.3) is 5.91 Å². The number of nitrogens with one attached hydrogen (secondary N) is 1. The molecule has 2 N–H and O–H groups in total. The summed E-state index contributed by atoms with van der Waals surface area (Å²) in [7, 11) is 1.89. The number of ether oxygens (including phenoxy) is 2. The van der Waals surface area contributed by atoms with Crippen LogP contribution in [0.5, 0.6) is 5.75 Å². The SMILES string of the molecule is C[C@@H]1CCCCO[C@@H](CN(C)Cc2ccc(C(F)(F)F)cc2)[C@H](C)CN([C@@H](C)CO)C(=O)c2cc(NC(=O)Cc3ccccc3)ccc2O1. The number of halogens is 3. The van der Waals surface area contributed by atoms with Gasteiger partial charge in [-0.2, -0.15) is 13.2 Å². The summed E-state index contributed by atoms with van der Waals surface area (Å²) in [6.45, 7) is 7.11. The first-order valence-electron chi connectivity index (χ1n) is 16.9. The summed E-state index contributed by atoms with van der Waals surface area (Å²) in [5, 5.41) is 13.1. The van der Waals surface area contributed by atoms with Crippen molar-refractivity contribution in [1.29, 1.82) is 0 Å². The lowest BCUT2D eigenvalue weighted by Crippen LogP contribution is -2.47. The number of amides is 2. The van der Waals surface area contributed by atoms with Crippen molar-refractivity contribution in [2.24, 2.45) is 5.92 Å². The van der Waals surface area contributed by atoms with Gasteiger partial charge in [-0.05, 0) is 81.6 Å². The van der Waals surface area contributed by atoms with E-state index in [0.717, 1.165) is 42.5 Å². The number of fused-ring (bicyclic) bond motifs is 1. The van der Waals surface area contributed by atoms with E-state index in [2.05, 4.69) is 5.32 Å². The molecule has 2 amide bonds. The molecule has 4 atom stereocenters. The maximum absolute atomic E-state index is 14.3. The van der Waals surface area contributed by atoms with Gasteiger partial charge in [-0.15, -0.1) is 0 Å². The predicted octanol–water partition coefficient (Wildman–Crippen LogP) is 6.81. The van der Waals surface area contributed by atoms with Crippen LogP contribution < -0.4 is 10.1 Å². The van der Waals surface area contributed by atoms with E-state index in [0.29, 0.717) is 31.1 Å². The number of benzene rings is 3. The molecule has 0 saturated heterocycles. The van der Waals surface area contributed by atoms with Gasteiger partial charge in [0.2, 0.25) is 5.91 Å². The Labute approximate surface area is 287 Å². The molecule has 0 unspecified atom stereocenters. The average Bonchev–Trinajstić information content (AvgIpc) is 3.06. The Morgan fingerprint density at radius 1 is 1.04 bits per heavy atom. The highest BCUT2D eigenvalue weighted by atomic mass is 19.4. The first kappa shape index (κ1) is 37.9. The van der Waals surface area contributed by atoms with Crippen molar-refractivity contribution in [3.8, 4) is 5.75 Å². The third-order valence-electron chi connectivity index (χ3n) is 8.77. The standard InChI is InChI=1S/C38H48F3N3O5/c1-26-22-44(27(2)25-45)37(47)33-21-32(42-36(46)20-29-11-6-5-7-12-29)17-18-34(33)49-28(3)10-8-9-19-48-35(26)24-43(4)23-30-13-15-31(16-14-30)38(39,40)41/h5-7,11-18,21,26-28,35,45H,8-10,19-20,22-25H2,1-4H3,(H,42,46)/t26-,27+,28-,35+/m1/s1. The van der Waals surface area contributed by atoms with Gasteiger partial charge >= 0.3 is 6.18 Å². The molecule has 0 bridgehead atoms. The van der Waals surface area contributed by atoms with Crippen LogP contribution in [0.3, 0.4) is 0 Å². The normalized spacial score (nSPS) is 20.2. The van der Waals surface area contributed by atoms with Crippen LogP contribution in [0.1, 0.15) is 67.1 Å². The van der Waals surface area contributed by atoms with E-state index >= 15 is 0 Å². The van der Waals surface area contributed by atoms with Gasteiger partial charge in [0.15, 0.2) is 0 Å². The lowest BCUT2D eigenvalue weighted by Gasteiger charge is -2.36. The van der Waals surface area contributed by atoms with Crippen LogP contribution in [0.2, 0.25) is 0 Å². The molecule has 0 aromatic heterocycles. The predicted molar refractivity (Wildman–Crippen MR) is 183 cm³/mol. The molecular formula is C38H48F3N3O5. The number of aliphatic hydroxyl groups is 1. The number of alkyl halides is 3. The molecule has 0 fully saturated rings. The molecule has 8 nitrogen and oxygen atoms in total. The van der Waals surface area contributed by atoms with Crippen LogP contribution in [-0.4, -0.2) is 78.3 Å². The first-order valence-corrected chi connectivity index (χ1v) is 16.9. The minimum Gasteiger partial charge on any atom is -0.490 e. The molecule has 3 aromatic carbocycles. The molecule has 0 radical (unpaired) electrons. The van der Waals surface area contributed by atoms with Gasteiger partial charge in [-0.1, -0.05) is 49.4 Å². The number of anilines is 1. The van der Waals surface area contributed by atoms with Crippen molar-refractivity contribution in [2.75, 3.05) is 38.7 Å². The Bertz CT molecular complexity index is 1500. The summed E-state index contributed by atoms with van der Waals surface area (Å²) in [5.41, 5.74) is 1.66. The molecule has 1 aliphatic heterocycles. The van der Waals surface area contributed by atoms with E-state index in [1.807, 2.05) is 56.1 Å². The highest BCUT2D eigenvalue weighted by molar-refractivity contribution is 6.00. The van der Waals surface area contributed by atoms with Crippen molar-refractivity contribution >= 4 is 17.5 Å². The number of likely N-dealkylation sites (N-methyl/N-ethyl adjacent to an activating group) is 1.